The molecule has 0 rings (SSSR count). The summed E-state index contributed by atoms with van der Waals surface area (Å²) in [4.78, 5) is 10.2. The lowest BCUT2D eigenvalue weighted by atomic mass is 10.2. The molecule has 0 aliphatic carbocycles. The van der Waals surface area contributed by atoms with E-state index in [4.69, 9.17) is 5.73 Å². The van der Waals surface area contributed by atoms with Gasteiger partial charge in [0.1, 0.15) is 0 Å². The molecule has 2 amide bonds. The van der Waals surface area contributed by atoms with Gasteiger partial charge in [0.25, 0.3) is 0 Å². The quantitative estimate of drug-likeness (QED) is 0.484. The molecule has 4 heteroatoms. The monoisotopic (exact) mass is 169 g/mol. The van der Waals surface area contributed by atoms with Crippen molar-refractivity contribution in [1.29, 1.82) is 0 Å². The molecule has 0 aromatic carbocycles. The minimum absolute atomic E-state index is 0.641. The van der Waals surface area contributed by atoms with E-state index in [1.54, 1.807) is 6.21 Å². The molecule has 68 valence electrons. The molecular weight excluding hydrogens is 154 g/mol. The van der Waals surface area contributed by atoms with Gasteiger partial charge >= 0.3 is 6.03 Å². The number of carbonyl (C=O) groups excluding carboxylic acids is 1. The van der Waals surface area contributed by atoms with Gasteiger partial charge in [0.05, 0.1) is 6.21 Å². The van der Waals surface area contributed by atoms with Crippen molar-refractivity contribution >= 4 is 12.2 Å². The number of carbonyl (C=O) groups is 1. The van der Waals surface area contributed by atoms with Crippen LogP contribution in [-0.2, 0) is 0 Å². The summed E-state index contributed by atoms with van der Waals surface area (Å²) in [5.41, 5.74) is 8.04. The zero-order chi connectivity index (χ0) is 9.40. The van der Waals surface area contributed by atoms with Crippen LogP contribution in [-0.4, -0.2) is 12.2 Å². The van der Waals surface area contributed by atoms with Crippen molar-refractivity contribution in [2.75, 3.05) is 0 Å². The molecule has 0 fully saturated rings. The molecule has 0 aliphatic heterocycles. The fraction of sp³-hybridized carbons (Fsp3) is 0.500. The van der Waals surface area contributed by atoms with Crippen LogP contribution in [0, 0.1) is 0 Å². The van der Waals surface area contributed by atoms with E-state index in [0.717, 1.165) is 18.4 Å². The normalized spacial score (nSPS) is 12.0. The molecule has 4 nitrogen and oxygen atoms in total. The zero-order valence-corrected chi connectivity index (χ0v) is 7.50. The third-order valence-electron chi connectivity index (χ3n) is 1.28. The van der Waals surface area contributed by atoms with Gasteiger partial charge in [0.2, 0.25) is 0 Å². The summed E-state index contributed by atoms with van der Waals surface area (Å²) in [6.07, 6.45) is 5.52. The van der Waals surface area contributed by atoms with E-state index in [1.807, 2.05) is 19.9 Å². The van der Waals surface area contributed by atoms with Gasteiger partial charge in [-0.3, -0.25) is 0 Å². The van der Waals surface area contributed by atoms with Crippen LogP contribution in [0.5, 0.6) is 0 Å². The number of nitrogens with two attached hydrogens (primary N) is 1. The Kier molecular flexibility index (Phi) is 5.69. The summed E-state index contributed by atoms with van der Waals surface area (Å²) >= 11 is 0. The number of nitrogens with zero attached hydrogens (tertiary/aromatic N) is 1. The summed E-state index contributed by atoms with van der Waals surface area (Å²) in [5, 5.41) is 3.64. The molecule has 0 aromatic heterocycles. The first-order valence-corrected chi connectivity index (χ1v) is 3.98. The summed E-state index contributed by atoms with van der Waals surface area (Å²) in [6, 6.07) is -0.641. The number of urea groups is 1. The van der Waals surface area contributed by atoms with E-state index in [0.29, 0.717) is 0 Å². The van der Waals surface area contributed by atoms with Crippen LogP contribution >= 0.6 is 0 Å². The summed E-state index contributed by atoms with van der Waals surface area (Å²) in [7, 11) is 0. The van der Waals surface area contributed by atoms with Crippen LogP contribution in [0.2, 0.25) is 0 Å². The molecule has 0 bridgehead atoms. The van der Waals surface area contributed by atoms with E-state index < -0.39 is 6.03 Å². The molecule has 3 N–H and O–H groups in total. The highest BCUT2D eigenvalue weighted by Crippen LogP contribution is 1.97. The highest BCUT2D eigenvalue weighted by atomic mass is 16.2. The van der Waals surface area contributed by atoms with Crippen LogP contribution in [0.1, 0.15) is 26.7 Å². The Morgan fingerprint density at radius 2 is 2.25 bits per heavy atom. The van der Waals surface area contributed by atoms with E-state index in [1.165, 1.54) is 0 Å². The lowest BCUT2D eigenvalue weighted by Crippen LogP contribution is -2.24. The smallest absolute Gasteiger partial charge is 0.332 e. The third-order valence-corrected chi connectivity index (χ3v) is 1.28. The molecule has 0 aliphatic rings. The predicted octanol–water partition coefficient (Wildman–Crippen LogP) is 1.39. The number of hydrogen-bond acceptors (Lipinski definition) is 2. The SMILES string of the molecule is CC/C=C(\C=N\NC(N)=O)CC. The van der Waals surface area contributed by atoms with E-state index in [9.17, 15) is 4.79 Å². The van der Waals surface area contributed by atoms with Crippen LogP contribution in [0.15, 0.2) is 16.8 Å². The van der Waals surface area contributed by atoms with Crippen LogP contribution in [0.4, 0.5) is 4.79 Å². The first-order valence-electron chi connectivity index (χ1n) is 3.98. The molecule has 0 radical (unpaired) electrons. The summed E-state index contributed by atoms with van der Waals surface area (Å²) in [5.74, 6) is 0. The summed E-state index contributed by atoms with van der Waals surface area (Å²) in [6.45, 7) is 4.07. The molecular formula is C8H15N3O. The first-order chi connectivity index (χ1) is 5.70. The Balaban J connectivity index is 3.93. The number of nitrogens with one attached hydrogen (secondary N) is 1. The van der Waals surface area contributed by atoms with Crippen molar-refractivity contribution in [3.05, 3.63) is 11.6 Å². The zero-order valence-electron chi connectivity index (χ0n) is 7.50. The van der Waals surface area contributed by atoms with Gasteiger partial charge in [-0.15, -0.1) is 0 Å². The van der Waals surface area contributed by atoms with Crippen molar-refractivity contribution in [3.63, 3.8) is 0 Å². The average Bonchev–Trinajstić information content (AvgIpc) is 2.02. The Labute approximate surface area is 72.5 Å². The van der Waals surface area contributed by atoms with Gasteiger partial charge < -0.3 is 5.73 Å². The molecule has 0 unspecified atom stereocenters. The Morgan fingerprint density at radius 3 is 2.67 bits per heavy atom. The molecule has 0 atom stereocenters. The second-order valence-electron chi connectivity index (χ2n) is 2.28. The van der Waals surface area contributed by atoms with Gasteiger partial charge in [-0.2, -0.15) is 5.10 Å². The molecule has 0 saturated heterocycles. The number of hydrazone groups is 1. The molecule has 0 heterocycles. The fourth-order valence-electron chi connectivity index (χ4n) is 0.729. The number of allylic oxidation sites excluding steroid dienone is 2. The third kappa shape index (κ3) is 5.46. The van der Waals surface area contributed by atoms with Crippen molar-refractivity contribution < 1.29 is 4.79 Å². The average molecular weight is 169 g/mol. The molecule has 0 saturated carbocycles. The number of hydrogen-bond donors (Lipinski definition) is 2. The molecule has 0 spiro atoms. The maximum absolute atomic E-state index is 10.2. The number of amides is 2. The van der Waals surface area contributed by atoms with Crippen molar-refractivity contribution in [1.82, 2.24) is 5.43 Å². The first kappa shape index (κ1) is 10.7. The summed E-state index contributed by atoms with van der Waals surface area (Å²) < 4.78 is 0. The largest absolute Gasteiger partial charge is 0.350 e. The van der Waals surface area contributed by atoms with Crippen molar-refractivity contribution in [3.8, 4) is 0 Å². The highest BCUT2D eigenvalue weighted by Gasteiger charge is 1.88. The van der Waals surface area contributed by atoms with E-state index >= 15 is 0 Å². The van der Waals surface area contributed by atoms with Gasteiger partial charge in [-0.1, -0.05) is 19.9 Å². The van der Waals surface area contributed by atoms with E-state index in [2.05, 4.69) is 10.5 Å². The van der Waals surface area contributed by atoms with Crippen LogP contribution in [0.25, 0.3) is 0 Å². The van der Waals surface area contributed by atoms with Gasteiger partial charge in [0.15, 0.2) is 0 Å². The van der Waals surface area contributed by atoms with Gasteiger partial charge in [0, 0.05) is 0 Å². The Hall–Kier alpha value is -1.32. The van der Waals surface area contributed by atoms with Crippen molar-refractivity contribution in [2.24, 2.45) is 10.8 Å². The van der Waals surface area contributed by atoms with Crippen molar-refractivity contribution in [2.45, 2.75) is 26.7 Å². The molecule has 0 aromatic rings. The number of rotatable bonds is 4. The lowest BCUT2D eigenvalue weighted by molar-refractivity contribution is 0.249. The van der Waals surface area contributed by atoms with Gasteiger partial charge in [-0.25, -0.2) is 10.2 Å². The maximum Gasteiger partial charge on any atom is 0.332 e. The Morgan fingerprint density at radius 1 is 1.58 bits per heavy atom. The minimum Gasteiger partial charge on any atom is -0.350 e. The standard InChI is InChI=1S/C8H15N3O/c1-3-5-7(4-2)6-10-11-8(9)12/h5-6H,3-4H2,1-2H3,(H3,9,11,12)/b7-5-,10-6+. The fourth-order valence-corrected chi connectivity index (χ4v) is 0.729. The van der Waals surface area contributed by atoms with Crippen LogP contribution in [0.3, 0.4) is 0 Å². The second kappa shape index (κ2) is 6.39. The Bertz CT molecular complexity index is 196. The minimum atomic E-state index is -0.641. The van der Waals surface area contributed by atoms with Gasteiger partial charge in [-0.05, 0) is 18.4 Å². The lowest BCUT2D eigenvalue weighted by Gasteiger charge is -1.94. The predicted molar refractivity (Wildman–Crippen MR) is 49.9 cm³/mol. The maximum atomic E-state index is 10.2. The highest BCUT2D eigenvalue weighted by molar-refractivity contribution is 5.80. The second-order valence-corrected chi connectivity index (χ2v) is 2.28. The van der Waals surface area contributed by atoms with E-state index in [-0.39, 0.29) is 0 Å². The topological polar surface area (TPSA) is 67.5 Å². The number of primary amides is 1. The molecule has 12 heavy (non-hydrogen) atoms. The van der Waals surface area contributed by atoms with Crippen LogP contribution < -0.4 is 11.2 Å².